The van der Waals surface area contributed by atoms with Crippen molar-refractivity contribution in [3.63, 3.8) is 0 Å². The Balaban J connectivity index is 1.80. The SMILES string of the molecule is CCn1nccc1CN(CCc1ccccc1)C(=O)c1ccnn1CCC(=O)O. The highest BCUT2D eigenvalue weighted by molar-refractivity contribution is 5.92. The Morgan fingerprint density at radius 2 is 1.76 bits per heavy atom. The van der Waals surface area contributed by atoms with Crippen LogP contribution in [-0.2, 0) is 30.8 Å². The van der Waals surface area contributed by atoms with Crippen molar-refractivity contribution in [2.24, 2.45) is 0 Å². The highest BCUT2D eigenvalue weighted by Gasteiger charge is 2.21. The van der Waals surface area contributed by atoms with Gasteiger partial charge < -0.3 is 10.0 Å². The number of rotatable bonds is 10. The van der Waals surface area contributed by atoms with Gasteiger partial charge in [-0.1, -0.05) is 30.3 Å². The lowest BCUT2D eigenvalue weighted by atomic mass is 10.1. The van der Waals surface area contributed by atoms with Crippen molar-refractivity contribution in [2.75, 3.05) is 6.54 Å². The van der Waals surface area contributed by atoms with Crippen molar-refractivity contribution in [3.05, 3.63) is 71.8 Å². The quantitative estimate of drug-likeness (QED) is 0.569. The highest BCUT2D eigenvalue weighted by Crippen LogP contribution is 2.13. The molecule has 0 spiro atoms. The van der Waals surface area contributed by atoms with Gasteiger partial charge in [0.2, 0.25) is 0 Å². The zero-order valence-electron chi connectivity index (χ0n) is 16.4. The summed E-state index contributed by atoms with van der Waals surface area (Å²) in [6.07, 6.45) is 3.89. The smallest absolute Gasteiger partial charge is 0.305 e. The van der Waals surface area contributed by atoms with Crippen LogP contribution < -0.4 is 0 Å². The number of carbonyl (C=O) groups excluding carboxylic acids is 1. The van der Waals surface area contributed by atoms with Crippen molar-refractivity contribution in [1.82, 2.24) is 24.5 Å². The minimum atomic E-state index is -0.924. The maximum Gasteiger partial charge on any atom is 0.305 e. The molecule has 2 heterocycles. The second-order valence-corrected chi connectivity index (χ2v) is 6.68. The van der Waals surface area contributed by atoms with Crippen LogP contribution in [0.4, 0.5) is 0 Å². The average Bonchev–Trinajstić information content (AvgIpc) is 3.38. The van der Waals surface area contributed by atoms with Crippen LogP contribution in [0.5, 0.6) is 0 Å². The first kappa shape index (κ1) is 20.3. The molecule has 0 saturated carbocycles. The topological polar surface area (TPSA) is 93.3 Å². The van der Waals surface area contributed by atoms with Crippen molar-refractivity contribution in [2.45, 2.75) is 39.4 Å². The summed E-state index contributed by atoms with van der Waals surface area (Å²) in [7, 11) is 0. The molecule has 8 heteroatoms. The van der Waals surface area contributed by atoms with Gasteiger partial charge in [0.15, 0.2) is 0 Å². The summed E-state index contributed by atoms with van der Waals surface area (Å²) in [5.41, 5.74) is 2.49. The van der Waals surface area contributed by atoms with Gasteiger partial charge in [-0.15, -0.1) is 0 Å². The molecule has 3 rings (SSSR count). The van der Waals surface area contributed by atoms with E-state index in [1.165, 1.54) is 10.9 Å². The van der Waals surface area contributed by atoms with Crippen LogP contribution in [-0.4, -0.2) is 48.0 Å². The molecular weight excluding hydrogens is 370 g/mol. The number of amides is 1. The Morgan fingerprint density at radius 1 is 1.03 bits per heavy atom. The lowest BCUT2D eigenvalue weighted by Crippen LogP contribution is -2.35. The number of carbonyl (C=O) groups is 2. The molecule has 0 unspecified atom stereocenters. The molecule has 152 valence electrons. The predicted molar refractivity (Wildman–Crippen MR) is 107 cm³/mol. The van der Waals surface area contributed by atoms with Crippen LogP contribution in [0.2, 0.25) is 0 Å². The summed E-state index contributed by atoms with van der Waals surface area (Å²) in [6.45, 7) is 3.83. The Morgan fingerprint density at radius 3 is 2.48 bits per heavy atom. The third kappa shape index (κ3) is 5.31. The van der Waals surface area contributed by atoms with E-state index in [0.29, 0.717) is 18.8 Å². The van der Waals surface area contributed by atoms with Gasteiger partial charge in [-0.3, -0.25) is 19.0 Å². The zero-order chi connectivity index (χ0) is 20.6. The number of carboxylic acid groups (broad SMARTS) is 1. The summed E-state index contributed by atoms with van der Waals surface area (Å²) < 4.78 is 3.33. The molecule has 0 bridgehead atoms. The molecule has 0 fully saturated rings. The average molecular weight is 395 g/mol. The van der Waals surface area contributed by atoms with E-state index in [9.17, 15) is 9.59 Å². The Bertz CT molecular complexity index is 948. The molecule has 2 aromatic heterocycles. The monoisotopic (exact) mass is 395 g/mol. The van der Waals surface area contributed by atoms with Crippen molar-refractivity contribution < 1.29 is 14.7 Å². The summed E-state index contributed by atoms with van der Waals surface area (Å²) in [5, 5.41) is 17.4. The third-order valence-corrected chi connectivity index (χ3v) is 4.73. The zero-order valence-corrected chi connectivity index (χ0v) is 16.4. The van der Waals surface area contributed by atoms with E-state index in [1.807, 2.05) is 48.0 Å². The summed E-state index contributed by atoms with van der Waals surface area (Å²) >= 11 is 0. The number of carboxylic acids is 1. The number of aromatic nitrogens is 4. The van der Waals surface area contributed by atoms with Gasteiger partial charge in [-0.25, -0.2) is 0 Å². The van der Waals surface area contributed by atoms with E-state index >= 15 is 0 Å². The third-order valence-electron chi connectivity index (χ3n) is 4.73. The number of nitrogens with zero attached hydrogens (tertiary/aromatic N) is 5. The maximum atomic E-state index is 13.3. The lowest BCUT2D eigenvalue weighted by Gasteiger charge is -2.23. The van der Waals surface area contributed by atoms with Gasteiger partial charge in [0, 0.05) is 25.5 Å². The molecule has 0 aliphatic heterocycles. The Kier molecular flexibility index (Phi) is 6.78. The molecule has 1 amide bonds. The molecule has 1 N–H and O–H groups in total. The summed E-state index contributed by atoms with van der Waals surface area (Å²) in [4.78, 5) is 26.0. The van der Waals surface area contributed by atoms with Gasteiger partial charge in [0.1, 0.15) is 5.69 Å². The molecule has 8 nitrogen and oxygen atoms in total. The van der Waals surface area contributed by atoms with Crippen LogP contribution in [0.3, 0.4) is 0 Å². The largest absolute Gasteiger partial charge is 0.481 e. The van der Waals surface area contributed by atoms with Crippen LogP contribution in [0.15, 0.2) is 54.9 Å². The fraction of sp³-hybridized carbons (Fsp3) is 0.333. The normalized spacial score (nSPS) is 10.8. The molecule has 0 aliphatic rings. The second kappa shape index (κ2) is 9.68. The van der Waals surface area contributed by atoms with Gasteiger partial charge in [0.25, 0.3) is 5.91 Å². The Labute approximate surface area is 169 Å². The first-order valence-corrected chi connectivity index (χ1v) is 9.66. The van der Waals surface area contributed by atoms with Crippen LogP contribution in [0, 0.1) is 0 Å². The number of aliphatic carboxylic acids is 1. The number of hydrogen-bond donors (Lipinski definition) is 1. The van der Waals surface area contributed by atoms with Gasteiger partial charge in [0.05, 0.1) is 25.2 Å². The fourth-order valence-electron chi connectivity index (χ4n) is 3.19. The van der Waals surface area contributed by atoms with Crippen LogP contribution >= 0.6 is 0 Å². The lowest BCUT2D eigenvalue weighted by molar-refractivity contribution is -0.137. The minimum absolute atomic E-state index is 0.0887. The van der Waals surface area contributed by atoms with Crippen LogP contribution in [0.25, 0.3) is 0 Å². The van der Waals surface area contributed by atoms with Crippen molar-refractivity contribution in [3.8, 4) is 0 Å². The standard InChI is InChI=1S/C21H25N5O3/c1-2-25-18(8-12-22-25)16-24(14-10-17-6-4-3-5-7-17)21(29)19-9-13-23-26(19)15-11-20(27)28/h3-9,12-13H,2,10-11,14-16H2,1H3,(H,27,28). The molecule has 0 saturated heterocycles. The first-order valence-electron chi connectivity index (χ1n) is 9.66. The summed E-state index contributed by atoms with van der Waals surface area (Å²) in [5.74, 6) is -1.10. The van der Waals surface area contributed by atoms with E-state index in [2.05, 4.69) is 10.2 Å². The van der Waals surface area contributed by atoms with Crippen LogP contribution in [0.1, 0.15) is 35.1 Å². The molecule has 3 aromatic rings. The first-order chi connectivity index (χ1) is 14.1. The van der Waals surface area contributed by atoms with E-state index in [1.54, 1.807) is 17.2 Å². The van der Waals surface area contributed by atoms with E-state index in [0.717, 1.165) is 24.2 Å². The number of benzene rings is 1. The minimum Gasteiger partial charge on any atom is -0.481 e. The predicted octanol–water partition coefficient (Wildman–Crippen LogP) is 2.46. The molecule has 1 aromatic carbocycles. The summed E-state index contributed by atoms with van der Waals surface area (Å²) in [6, 6.07) is 13.5. The fourth-order valence-corrected chi connectivity index (χ4v) is 3.19. The molecule has 0 aliphatic carbocycles. The number of hydrogen-bond acceptors (Lipinski definition) is 4. The molecular formula is C21H25N5O3. The highest BCUT2D eigenvalue weighted by atomic mass is 16.4. The van der Waals surface area contributed by atoms with E-state index < -0.39 is 5.97 Å². The van der Waals surface area contributed by atoms with Gasteiger partial charge in [-0.2, -0.15) is 10.2 Å². The molecule has 0 atom stereocenters. The van der Waals surface area contributed by atoms with Crippen molar-refractivity contribution in [1.29, 1.82) is 0 Å². The van der Waals surface area contributed by atoms with Gasteiger partial charge >= 0.3 is 5.97 Å². The van der Waals surface area contributed by atoms with E-state index in [4.69, 9.17) is 5.11 Å². The number of aryl methyl sites for hydroxylation is 2. The van der Waals surface area contributed by atoms with Gasteiger partial charge in [-0.05, 0) is 31.0 Å². The maximum absolute atomic E-state index is 13.3. The molecule has 29 heavy (non-hydrogen) atoms. The Hall–Kier alpha value is -3.42. The second-order valence-electron chi connectivity index (χ2n) is 6.68. The molecule has 0 radical (unpaired) electrons. The van der Waals surface area contributed by atoms with E-state index in [-0.39, 0.29) is 18.9 Å². The van der Waals surface area contributed by atoms with Crippen molar-refractivity contribution >= 4 is 11.9 Å².